The Kier molecular flexibility index (Phi) is 2.11. The molecule has 1 fully saturated rings. The maximum absolute atomic E-state index is 4.67. The Morgan fingerprint density at radius 3 is 2.61 bits per heavy atom. The number of aryl methyl sites for hydroxylation is 1. The average molecular weight is 235 g/mol. The van der Waals surface area contributed by atoms with Crippen molar-refractivity contribution < 1.29 is 0 Å². The lowest BCUT2D eigenvalue weighted by Crippen LogP contribution is -2.02. The van der Waals surface area contributed by atoms with E-state index in [4.69, 9.17) is 0 Å². The van der Waals surface area contributed by atoms with E-state index in [1.165, 1.54) is 36.1 Å². The molecule has 0 amide bonds. The standard InChI is InChI=1S/C17H17N/c1-11-2-4-12(5-3-11)17-16-14-7-6-13(10-14)15(16)8-9-18-17/h2-5,8-9,13-14H,6-7,10H2,1H3. The van der Waals surface area contributed by atoms with Gasteiger partial charge in [0.05, 0.1) is 5.69 Å². The highest BCUT2D eigenvalue weighted by Gasteiger charge is 2.38. The minimum absolute atomic E-state index is 0.773. The molecule has 1 aromatic heterocycles. The van der Waals surface area contributed by atoms with Gasteiger partial charge in [-0.1, -0.05) is 29.8 Å². The fourth-order valence-electron chi connectivity index (χ4n) is 3.74. The van der Waals surface area contributed by atoms with Crippen LogP contribution in [0, 0.1) is 6.92 Å². The summed E-state index contributed by atoms with van der Waals surface area (Å²) in [5, 5.41) is 0. The minimum atomic E-state index is 0.773. The number of hydrogen-bond donors (Lipinski definition) is 0. The first kappa shape index (κ1) is 10.3. The monoisotopic (exact) mass is 235 g/mol. The van der Waals surface area contributed by atoms with E-state index in [0.29, 0.717) is 0 Å². The number of benzene rings is 1. The lowest BCUT2D eigenvalue weighted by molar-refractivity contribution is 0.715. The maximum atomic E-state index is 4.67. The summed E-state index contributed by atoms with van der Waals surface area (Å²) in [6, 6.07) is 11.0. The molecule has 0 N–H and O–H groups in total. The third-order valence-electron chi connectivity index (χ3n) is 4.63. The third kappa shape index (κ3) is 1.37. The molecule has 1 heterocycles. The Morgan fingerprint density at radius 1 is 1.00 bits per heavy atom. The first-order valence-electron chi connectivity index (χ1n) is 6.89. The van der Waals surface area contributed by atoms with Crippen molar-refractivity contribution in [3.05, 3.63) is 53.2 Å². The molecule has 1 aromatic carbocycles. The van der Waals surface area contributed by atoms with E-state index in [-0.39, 0.29) is 0 Å². The summed E-state index contributed by atoms with van der Waals surface area (Å²) in [4.78, 5) is 4.67. The molecule has 1 saturated carbocycles. The fraction of sp³-hybridized carbons (Fsp3) is 0.353. The molecule has 1 heteroatoms. The third-order valence-corrected chi connectivity index (χ3v) is 4.63. The van der Waals surface area contributed by atoms with Gasteiger partial charge in [-0.25, -0.2) is 0 Å². The van der Waals surface area contributed by atoms with Crippen molar-refractivity contribution in [2.45, 2.75) is 38.0 Å². The topological polar surface area (TPSA) is 12.9 Å². The Hall–Kier alpha value is -1.63. The van der Waals surface area contributed by atoms with Crippen molar-refractivity contribution in [3.63, 3.8) is 0 Å². The van der Waals surface area contributed by atoms with Crippen LogP contribution in [0.3, 0.4) is 0 Å². The number of aromatic nitrogens is 1. The van der Waals surface area contributed by atoms with Crippen molar-refractivity contribution in [2.24, 2.45) is 0 Å². The Labute approximate surface area is 108 Å². The molecule has 0 spiro atoms. The Balaban J connectivity index is 1.90. The number of fused-ring (bicyclic) bond motifs is 5. The lowest BCUT2D eigenvalue weighted by Gasteiger charge is -2.18. The van der Waals surface area contributed by atoms with E-state index < -0.39 is 0 Å². The van der Waals surface area contributed by atoms with Crippen molar-refractivity contribution in [2.75, 3.05) is 0 Å². The minimum Gasteiger partial charge on any atom is -0.256 e. The van der Waals surface area contributed by atoms with Gasteiger partial charge in [0, 0.05) is 11.8 Å². The summed E-state index contributed by atoms with van der Waals surface area (Å²) in [6.45, 7) is 2.13. The van der Waals surface area contributed by atoms with Gasteiger partial charge < -0.3 is 0 Å². The molecular weight excluding hydrogens is 218 g/mol. The number of hydrogen-bond acceptors (Lipinski definition) is 1. The first-order chi connectivity index (χ1) is 8.83. The van der Waals surface area contributed by atoms with Crippen molar-refractivity contribution >= 4 is 0 Å². The molecule has 0 saturated heterocycles. The summed E-state index contributed by atoms with van der Waals surface area (Å²) in [7, 11) is 0. The van der Waals surface area contributed by atoms with Gasteiger partial charge in [-0.2, -0.15) is 0 Å². The molecule has 2 aliphatic carbocycles. The average Bonchev–Trinajstić information content (AvgIpc) is 3.01. The van der Waals surface area contributed by atoms with Crippen LogP contribution in [0.5, 0.6) is 0 Å². The molecule has 0 radical (unpaired) electrons. The van der Waals surface area contributed by atoms with Crippen LogP contribution in [-0.2, 0) is 0 Å². The molecule has 2 bridgehead atoms. The van der Waals surface area contributed by atoms with Crippen LogP contribution >= 0.6 is 0 Å². The van der Waals surface area contributed by atoms with Gasteiger partial charge in [0.15, 0.2) is 0 Å². The summed E-state index contributed by atoms with van der Waals surface area (Å²) in [5.41, 5.74) is 6.96. The highest BCUT2D eigenvalue weighted by Crippen LogP contribution is 2.54. The molecule has 2 atom stereocenters. The molecule has 2 aromatic rings. The number of pyridine rings is 1. The number of nitrogens with zero attached hydrogens (tertiary/aromatic N) is 1. The molecule has 2 unspecified atom stereocenters. The van der Waals surface area contributed by atoms with Crippen LogP contribution < -0.4 is 0 Å². The van der Waals surface area contributed by atoms with Gasteiger partial charge >= 0.3 is 0 Å². The van der Waals surface area contributed by atoms with E-state index >= 15 is 0 Å². The zero-order chi connectivity index (χ0) is 12.1. The quantitative estimate of drug-likeness (QED) is 0.713. The second-order valence-electron chi connectivity index (χ2n) is 5.74. The van der Waals surface area contributed by atoms with Crippen LogP contribution in [-0.4, -0.2) is 4.98 Å². The van der Waals surface area contributed by atoms with Gasteiger partial charge in [0.25, 0.3) is 0 Å². The van der Waals surface area contributed by atoms with Gasteiger partial charge in [-0.3, -0.25) is 4.98 Å². The van der Waals surface area contributed by atoms with E-state index in [0.717, 1.165) is 11.8 Å². The van der Waals surface area contributed by atoms with Crippen LogP contribution in [0.25, 0.3) is 11.3 Å². The normalized spacial score (nSPS) is 24.3. The molecular formula is C17H17N. The summed E-state index contributed by atoms with van der Waals surface area (Å²) in [6.07, 6.45) is 6.10. The van der Waals surface area contributed by atoms with E-state index in [1.54, 1.807) is 11.1 Å². The van der Waals surface area contributed by atoms with Gasteiger partial charge in [0.1, 0.15) is 0 Å². The van der Waals surface area contributed by atoms with Crippen LogP contribution in [0.1, 0.15) is 47.8 Å². The molecule has 18 heavy (non-hydrogen) atoms. The SMILES string of the molecule is Cc1ccc(-c2nccc3c2C2CCC3C2)cc1. The molecule has 2 aliphatic rings. The predicted octanol–water partition coefficient (Wildman–Crippen LogP) is 4.42. The van der Waals surface area contributed by atoms with E-state index in [1.807, 2.05) is 6.20 Å². The highest BCUT2D eigenvalue weighted by atomic mass is 14.7. The molecule has 1 nitrogen and oxygen atoms in total. The lowest BCUT2D eigenvalue weighted by atomic mass is 9.89. The second-order valence-corrected chi connectivity index (χ2v) is 5.74. The predicted molar refractivity (Wildman–Crippen MR) is 73.7 cm³/mol. The molecule has 90 valence electrons. The summed E-state index contributed by atoms with van der Waals surface area (Å²) < 4.78 is 0. The maximum Gasteiger partial charge on any atom is 0.0739 e. The zero-order valence-electron chi connectivity index (χ0n) is 10.7. The van der Waals surface area contributed by atoms with Crippen molar-refractivity contribution in [1.82, 2.24) is 4.98 Å². The second kappa shape index (κ2) is 3.68. The molecule has 0 aliphatic heterocycles. The van der Waals surface area contributed by atoms with Crippen molar-refractivity contribution in [3.8, 4) is 11.3 Å². The Bertz CT molecular complexity index is 598. The van der Waals surface area contributed by atoms with Crippen molar-refractivity contribution in [1.29, 1.82) is 0 Å². The van der Waals surface area contributed by atoms with Gasteiger partial charge in [-0.15, -0.1) is 0 Å². The highest BCUT2D eigenvalue weighted by molar-refractivity contribution is 5.67. The number of rotatable bonds is 1. The Morgan fingerprint density at radius 2 is 1.78 bits per heavy atom. The van der Waals surface area contributed by atoms with Gasteiger partial charge in [-0.05, 0) is 55.2 Å². The summed E-state index contributed by atoms with van der Waals surface area (Å²) >= 11 is 0. The summed E-state index contributed by atoms with van der Waals surface area (Å²) in [5.74, 6) is 1.59. The largest absolute Gasteiger partial charge is 0.256 e. The van der Waals surface area contributed by atoms with E-state index in [2.05, 4.69) is 42.2 Å². The van der Waals surface area contributed by atoms with Crippen LogP contribution in [0.2, 0.25) is 0 Å². The first-order valence-corrected chi connectivity index (χ1v) is 6.89. The zero-order valence-corrected chi connectivity index (χ0v) is 10.7. The van der Waals surface area contributed by atoms with E-state index in [9.17, 15) is 0 Å². The van der Waals surface area contributed by atoms with Crippen LogP contribution in [0.4, 0.5) is 0 Å². The van der Waals surface area contributed by atoms with Crippen LogP contribution in [0.15, 0.2) is 36.5 Å². The van der Waals surface area contributed by atoms with Gasteiger partial charge in [0.2, 0.25) is 0 Å². The molecule has 4 rings (SSSR count). The smallest absolute Gasteiger partial charge is 0.0739 e. The fourth-order valence-corrected chi connectivity index (χ4v) is 3.74.